The summed E-state index contributed by atoms with van der Waals surface area (Å²) in [5, 5.41) is 0. The summed E-state index contributed by atoms with van der Waals surface area (Å²) in [6.45, 7) is 2.52. The molecule has 0 aliphatic carbocycles. The summed E-state index contributed by atoms with van der Waals surface area (Å²) < 4.78 is 41.0. The van der Waals surface area contributed by atoms with E-state index in [2.05, 4.69) is 0 Å². The van der Waals surface area contributed by atoms with Crippen molar-refractivity contribution in [2.75, 3.05) is 52.9 Å². The van der Waals surface area contributed by atoms with Crippen LogP contribution in [0.15, 0.2) is 0 Å². The lowest BCUT2D eigenvalue weighted by Crippen LogP contribution is -2.57. The van der Waals surface area contributed by atoms with Gasteiger partial charge in [0.2, 0.25) is 0 Å². The minimum absolute atomic E-state index is 0.0632. The molecule has 12 heteroatoms. The molecule has 5 atom stereocenters. The van der Waals surface area contributed by atoms with Crippen LogP contribution >= 0.6 is 0 Å². The Morgan fingerprint density at radius 3 is 1.28 bits per heavy atom. The molecule has 0 amide bonds. The van der Waals surface area contributed by atoms with E-state index in [9.17, 15) is 19.2 Å². The van der Waals surface area contributed by atoms with Crippen molar-refractivity contribution in [1.82, 2.24) is 0 Å². The number of carbonyl (C=O) groups excluding carboxylic acids is 4. The smallest absolute Gasteiger partial charge is 0.336 e. The summed E-state index contributed by atoms with van der Waals surface area (Å²) in [5.74, 6) is -6.20. The van der Waals surface area contributed by atoms with Crippen LogP contribution in [0.4, 0.5) is 0 Å². The Kier molecular flexibility index (Phi) is 6.93. The number of ether oxygens (including phenoxy) is 8. The number of hydrogen-bond donors (Lipinski definition) is 0. The van der Waals surface area contributed by atoms with E-state index >= 15 is 0 Å². The van der Waals surface area contributed by atoms with Crippen LogP contribution in [0.25, 0.3) is 0 Å². The van der Waals surface area contributed by atoms with Crippen LogP contribution in [-0.2, 0) is 57.1 Å². The zero-order valence-corrected chi connectivity index (χ0v) is 17.6. The SMILES string of the molecule is CCC(C(=O)OCC1CO1)C(C(=O)OCC1CO1)(C(=O)OCC1CO1)C(=O)OCC1CO1. The molecule has 4 heterocycles. The maximum atomic E-state index is 13.3. The van der Waals surface area contributed by atoms with E-state index in [1.165, 1.54) is 0 Å². The van der Waals surface area contributed by atoms with Crippen LogP contribution in [0.1, 0.15) is 13.3 Å². The van der Waals surface area contributed by atoms with E-state index in [0.29, 0.717) is 26.4 Å². The van der Waals surface area contributed by atoms with Crippen LogP contribution in [0, 0.1) is 11.3 Å². The molecule has 0 bridgehead atoms. The number of hydrogen-bond acceptors (Lipinski definition) is 12. The molecule has 0 saturated carbocycles. The molecule has 4 fully saturated rings. The first-order chi connectivity index (χ1) is 15.4. The van der Waals surface area contributed by atoms with E-state index in [1.807, 2.05) is 0 Å². The Hall–Kier alpha value is -2.28. The van der Waals surface area contributed by atoms with Crippen molar-refractivity contribution in [3.05, 3.63) is 0 Å². The molecule has 32 heavy (non-hydrogen) atoms. The van der Waals surface area contributed by atoms with Gasteiger partial charge in [0, 0.05) is 0 Å². The van der Waals surface area contributed by atoms with Gasteiger partial charge in [-0.15, -0.1) is 0 Å². The molecule has 4 rings (SSSR count). The standard InChI is InChI=1S/C20H26O12/c1-2-15(16(21)29-7-11-3-25-11)20(17(22)30-8-12-4-26-12,18(23)31-9-13-5-27-13)19(24)32-10-14-6-28-14/h11-15H,2-10H2,1H3. The lowest BCUT2D eigenvalue weighted by Gasteiger charge is -2.32. The predicted octanol–water partition coefficient (Wildman–Crippen LogP) is -1.23. The molecule has 4 aliphatic rings. The molecule has 0 aromatic carbocycles. The Balaban J connectivity index is 1.60. The number of carbonyl (C=O) groups is 4. The molecule has 0 aromatic heterocycles. The maximum Gasteiger partial charge on any atom is 0.336 e. The first-order valence-electron chi connectivity index (χ1n) is 10.6. The highest BCUT2D eigenvalue weighted by Gasteiger charge is 2.65. The van der Waals surface area contributed by atoms with Crippen molar-refractivity contribution < 1.29 is 57.1 Å². The lowest BCUT2D eigenvalue weighted by atomic mass is 9.73. The highest BCUT2D eigenvalue weighted by atomic mass is 16.6. The van der Waals surface area contributed by atoms with Crippen LogP contribution < -0.4 is 0 Å². The number of rotatable bonds is 14. The molecule has 0 N–H and O–H groups in total. The van der Waals surface area contributed by atoms with Gasteiger partial charge < -0.3 is 37.9 Å². The van der Waals surface area contributed by atoms with Crippen molar-refractivity contribution in [1.29, 1.82) is 0 Å². The van der Waals surface area contributed by atoms with Crippen LogP contribution in [0.3, 0.4) is 0 Å². The summed E-state index contributed by atoms with van der Waals surface area (Å²) in [5.41, 5.74) is -2.70. The van der Waals surface area contributed by atoms with Gasteiger partial charge in [-0.1, -0.05) is 6.92 Å². The van der Waals surface area contributed by atoms with Crippen LogP contribution in [0.2, 0.25) is 0 Å². The van der Waals surface area contributed by atoms with E-state index in [0.717, 1.165) is 0 Å². The Morgan fingerprint density at radius 1 is 0.688 bits per heavy atom. The van der Waals surface area contributed by atoms with E-state index in [4.69, 9.17) is 37.9 Å². The highest BCUT2D eigenvalue weighted by Crippen LogP contribution is 2.38. The normalized spacial score (nSPS) is 29.7. The van der Waals surface area contributed by atoms with E-state index < -0.39 is 35.2 Å². The molecule has 0 radical (unpaired) electrons. The fourth-order valence-corrected chi connectivity index (χ4v) is 3.11. The number of epoxide rings is 4. The number of esters is 4. The van der Waals surface area contributed by atoms with Gasteiger partial charge in [0.15, 0.2) is 0 Å². The predicted molar refractivity (Wildman–Crippen MR) is 99.0 cm³/mol. The summed E-state index contributed by atoms with van der Waals surface area (Å²) in [6.07, 6.45) is -1.33. The largest absolute Gasteiger partial charge is 0.463 e. The van der Waals surface area contributed by atoms with Gasteiger partial charge in [0.05, 0.1) is 32.3 Å². The highest BCUT2D eigenvalue weighted by molar-refractivity contribution is 6.20. The average molecular weight is 458 g/mol. The molecule has 0 spiro atoms. The van der Waals surface area contributed by atoms with Crippen molar-refractivity contribution in [3.8, 4) is 0 Å². The van der Waals surface area contributed by atoms with Gasteiger partial charge in [-0.05, 0) is 6.42 Å². The van der Waals surface area contributed by atoms with Gasteiger partial charge in [-0.3, -0.25) is 19.2 Å². The zero-order chi connectivity index (χ0) is 22.7. The van der Waals surface area contributed by atoms with Gasteiger partial charge in [0.1, 0.15) is 50.8 Å². The Bertz CT molecular complexity index is 666. The molecular weight excluding hydrogens is 432 g/mol. The first-order valence-corrected chi connectivity index (χ1v) is 10.6. The molecular formula is C20H26O12. The summed E-state index contributed by atoms with van der Waals surface area (Å²) in [4.78, 5) is 52.8. The van der Waals surface area contributed by atoms with Crippen molar-refractivity contribution in [3.63, 3.8) is 0 Å². The molecule has 178 valence electrons. The third-order valence-electron chi connectivity index (χ3n) is 5.40. The Labute approximate surface area is 183 Å². The fraction of sp³-hybridized carbons (Fsp3) is 0.800. The third-order valence-corrected chi connectivity index (χ3v) is 5.40. The molecule has 12 nitrogen and oxygen atoms in total. The van der Waals surface area contributed by atoms with Gasteiger partial charge in [-0.25, -0.2) is 0 Å². The molecule has 4 saturated heterocycles. The first kappa shape index (κ1) is 22.9. The lowest BCUT2D eigenvalue weighted by molar-refractivity contribution is -0.195. The quantitative estimate of drug-likeness (QED) is 0.132. The molecule has 4 aliphatic heterocycles. The minimum Gasteiger partial charge on any atom is -0.463 e. The maximum absolute atomic E-state index is 13.3. The van der Waals surface area contributed by atoms with Crippen molar-refractivity contribution in [2.24, 2.45) is 11.3 Å². The summed E-state index contributed by atoms with van der Waals surface area (Å²) in [6, 6.07) is 0. The second kappa shape index (κ2) is 9.69. The summed E-state index contributed by atoms with van der Waals surface area (Å²) in [7, 11) is 0. The molecule has 5 unspecified atom stereocenters. The van der Waals surface area contributed by atoms with Crippen LogP contribution in [-0.4, -0.2) is 101 Å². The molecule has 0 aromatic rings. The second-order valence-electron chi connectivity index (χ2n) is 8.02. The van der Waals surface area contributed by atoms with Crippen molar-refractivity contribution >= 4 is 23.9 Å². The third kappa shape index (κ3) is 5.55. The average Bonchev–Trinajstić information content (AvgIpc) is 3.64. The van der Waals surface area contributed by atoms with E-state index in [1.54, 1.807) is 6.92 Å². The van der Waals surface area contributed by atoms with Crippen molar-refractivity contribution in [2.45, 2.75) is 37.8 Å². The van der Waals surface area contributed by atoms with E-state index in [-0.39, 0.29) is 57.3 Å². The van der Waals surface area contributed by atoms with Gasteiger partial charge >= 0.3 is 23.9 Å². The van der Waals surface area contributed by atoms with Gasteiger partial charge in [0.25, 0.3) is 5.41 Å². The minimum atomic E-state index is -2.70. The summed E-state index contributed by atoms with van der Waals surface area (Å²) >= 11 is 0. The van der Waals surface area contributed by atoms with Gasteiger partial charge in [-0.2, -0.15) is 0 Å². The zero-order valence-electron chi connectivity index (χ0n) is 17.6. The topological polar surface area (TPSA) is 155 Å². The van der Waals surface area contributed by atoms with Crippen LogP contribution in [0.5, 0.6) is 0 Å². The Morgan fingerprint density at radius 2 is 1.00 bits per heavy atom. The monoisotopic (exact) mass is 458 g/mol. The fourth-order valence-electron chi connectivity index (χ4n) is 3.11. The second-order valence-corrected chi connectivity index (χ2v) is 8.02.